The summed E-state index contributed by atoms with van der Waals surface area (Å²) in [5, 5.41) is 1.08. The molecule has 1 aromatic rings. The summed E-state index contributed by atoms with van der Waals surface area (Å²) in [5.41, 5.74) is 0.383. The van der Waals surface area contributed by atoms with Gasteiger partial charge in [-0.2, -0.15) is 0 Å². The summed E-state index contributed by atoms with van der Waals surface area (Å²) in [6.07, 6.45) is 0.977. The Morgan fingerprint density at radius 1 is 1.18 bits per heavy atom. The smallest absolute Gasteiger partial charge is 0.398 e. The number of aryl methyl sites for hydroxylation is 2. The molecule has 0 amide bonds. The Kier molecular flexibility index (Phi) is 3.13. The van der Waals surface area contributed by atoms with Gasteiger partial charge in [0.25, 0.3) is 0 Å². The summed E-state index contributed by atoms with van der Waals surface area (Å²) in [4.78, 5) is 5.83. The second kappa shape index (κ2) is 4.07. The van der Waals surface area contributed by atoms with E-state index in [9.17, 15) is 0 Å². The summed E-state index contributed by atoms with van der Waals surface area (Å²) in [5.74, 6) is 0. The van der Waals surface area contributed by atoms with Crippen molar-refractivity contribution in [1.82, 2.24) is 4.98 Å². The van der Waals surface area contributed by atoms with Gasteiger partial charge in [0.05, 0.1) is 21.8 Å². The van der Waals surface area contributed by atoms with Crippen molar-refractivity contribution in [3.05, 3.63) is 9.88 Å². The van der Waals surface area contributed by atoms with E-state index in [0.29, 0.717) is 0 Å². The summed E-state index contributed by atoms with van der Waals surface area (Å²) in [6, 6.07) is 0. The molecule has 0 atom stereocenters. The Morgan fingerprint density at radius 3 is 2.18 bits per heavy atom. The first-order valence-electron chi connectivity index (χ1n) is 6.08. The molecular formula is C12H20BNO2S. The van der Waals surface area contributed by atoms with Gasteiger partial charge < -0.3 is 9.31 Å². The standard InChI is InChI=1S/C12H20BNO2S/c1-7-9-10(14-8(2)17-9)13-15-11(3,4)12(5,6)16-13/h7H2,1-6H3. The van der Waals surface area contributed by atoms with Crippen LogP contribution in [0, 0.1) is 6.92 Å². The molecule has 2 heterocycles. The lowest BCUT2D eigenvalue weighted by Crippen LogP contribution is -2.41. The third-order valence-corrected chi connectivity index (χ3v) is 4.76. The zero-order chi connectivity index (χ0) is 12.8. The molecule has 0 spiro atoms. The third kappa shape index (κ3) is 2.16. The summed E-state index contributed by atoms with van der Waals surface area (Å²) in [6.45, 7) is 12.4. The highest BCUT2D eigenvalue weighted by Crippen LogP contribution is 2.36. The molecule has 5 heteroatoms. The van der Waals surface area contributed by atoms with E-state index in [2.05, 4.69) is 39.6 Å². The maximum Gasteiger partial charge on any atom is 0.515 e. The molecule has 0 N–H and O–H groups in total. The molecule has 1 aliphatic rings. The van der Waals surface area contributed by atoms with Crippen LogP contribution in [0.25, 0.3) is 0 Å². The van der Waals surface area contributed by atoms with E-state index in [1.807, 2.05) is 6.92 Å². The fourth-order valence-electron chi connectivity index (χ4n) is 1.88. The number of thiazole rings is 1. The highest BCUT2D eigenvalue weighted by atomic mass is 32.1. The number of nitrogens with zero attached hydrogens (tertiary/aromatic N) is 1. The van der Waals surface area contributed by atoms with Crippen LogP contribution in [0.15, 0.2) is 0 Å². The molecule has 2 rings (SSSR count). The zero-order valence-corrected chi connectivity index (χ0v) is 12.3. The Hall–Kier alpha value is -0.385. The van der Waals surface area contributed by atoms with E-state index in [-0.39, 0.29) is 18.3 Å². The van der Waals surface area contributed by atoms with Crippen LogP contribution in [0.4, 0.5) is 0 Å². The molecule has 94 valence electrons. The molecule has 0 bridgehead atoms. The lowest BCUT2D eigenvalue weighted by molar-refractivity contribution is 0.00578. The number of aromatic nitrogens is 1. The van der Waals surface area contributed by atoms with Crippen LogP contribution in [0.5, 0.6) is 0 Å². The van der Waals surface area contributed by atoms with Crippen molar-refractivity contribution in [2.24, 2.45) is 0 Å². The van der Waals surface area contributed by atoms with Gasteiger partial charge in [0.15, 0.2) is 0 Å². The molecule has 0 aromatic carbocycles. The average molecular weight is 253 g/mol. The monoisotopic (exact) mass is 253 g/mol. The summed E-state index contributed by atoms with van der Waals surface area (Å²) < 4.78 is 12.1. The van der Waals surface area contributed by atoms with Crippen molar-refractivity contribution >= 4 is 24.0 Å². The van der Waals surface area contributed by atoms with Crippen LogP contribution in [0.2, 0.25) is 0 Å². The minimum Gasteiger partial charge on any atom is -0.398 e. The van der Waals surface area contributed by atoms with Gasteiger partial charge in [-0.3, -0.25) is 4.98 Å². The van der Waals surface area contributed by atoms with Crippen LogP contribution in [-0.2, 0) is 15.7 Å². The van der Waals surface area contributed by atoms with Gasteiger partial charge in [-0.1, -0.05) is 6.92 Å². The zero-order valence-electron chi connectivity index (χ0n) is 11.5. The SMILES string of the molecule is CCc1sc(C)nc1B1OC(C)(C)C(C)(C)O1. The lowest BCUT2D eigenvalue weighted by Gasteiger charge is -2.32. The predicted molar refractivity (Wildman–Crippen MR) is 71.9 cm³/mol. The average Bonchev–Trinajstić information content (AvgIpc) is 2.65. The maximum atomic E-state index is 6.03. The molecule has 0 aliphatic carbocycles. The summed E-state index contributed by atoms with van der Waals surface area (Å²) in [7, 11) is -0.320. The van der Waals surface area contributed by atoms with Crippen LogP contribution in [0.3, 0.4) is 0 Å². The first kappa shape index (κ1) is 13.1. The predicted octanol–water partition coefficient (Wildman–Crippen LogP) is 2.31. The van der Waals surface area contributed by atoms with Gasteiger partial charge in [-0.05, 0) is 41.0 Å². The van der Waals surface area contributed by atoms with Gasteiger partial charge in [0.1, 0.15) is 0 Å². The van der Waals surface area contributed by atoms with E-state index >= 15 is 0 Å². The Balaban J connectivity index is 2.31. The van der Waals surface area contributed by atoms with Crippen molar-refractivity contribution in [1.29, 1.82) is 0 Å². The normalized spacial score (nSPS) is 22.1. The van der Waals surface area contributed by atoms with Gasteiger partial charge in [-0.15, -0.1) is 11.3 Å². The Labute approximate surface area is 108 Å². The van der Waals surface area contributed by atoms with E-state index < -0.39 is 0 Å². The van der Waals surface area contributed by atoms with Gasteiger partial charge in [0.2, 0.25) is 0 Å². The molecule has 0 unspecified atom stereocenters. The van der Waals surface area contributed by atoms with Gasteiger partial charge in [-0.25, -0.2) is 0 Å². The largest absolute Gasteiger partial charge is 0.515 e. The number of hydrogen-bond acceptors (Lipinski definition) is 4. The molecule has 17 heavy (non-hydrogen) atoms. The van der Waals surface area contributed by atoms with Crippen molar-refractivity contribution in [3.63, 3.8) is 0 Å². The van der Waals surface area contributed by atoms with Crippen molar-refractivity contribution in [2.75, 3.05) is 0 Å². The Morgan fingerprint density at radius 2 is 1.71 bits per heavy atom. The van der Waals surface area contributed by atoms with Crippen LogP contribution in [-0.4, -0.2) is 23.3 Å². The minimum atomic E-state index is -0.320. The minimum absolute atomic E-state index is 0.291. The maximum absolute atomic E-state index is 6.03. The second-order valence-electron chi connectivity index (χ2n) is 5.48. The lowest BCUT2D eigenvalue weighted by atomic mass is 9.83. The molecule has 1 aliphatic heterocycles. The van der Waals surface area contributed by atoms with Gasteiger partial charge in [0, 0.05) is 4.88 Å². The van der Waals surface area contributed by atoms with E-state index in [1.165, 1.54) is 4.88 Å². The van der Waals surface area contributed by atoms with E-state index in [1.54, 1.807) is 11.3 Å². The van der Waals surface area contributed by atoms with E-state index in [4.69, 9.17) is 9.31 Å². The number of hydrogen-bond donors (Lipinski definition) is 0. The number of rotatable bonds is 2. The summed E-state index contributed by atoms with van der Waals surface area (Å²) >= 11 is 1.73. The fraction of sp³-hybridized carbons (Fsp3) is 0.750. The molecule has 0 radical (unpaired) electrons. The first-order valence-corrected chi connectivity index (χ1v) is 6.90. The third-order valence-electron chi connectivity index (χ3n) is 3.63. The highest BCUT2D eigenvalue weighted by Gasteiger charge is 2.53. The van der Waals surface area contributed by atoms with Crippen LogP contribution < -0.4 is 5.59 Å². The van der Waals surface area contributed by atoms with Crippen molar-refractivity contribution < 1.29 is 9.31 Å². The van der Waals surface area contributed by atoms with Crippen molar-refractivity contribution in [3.8, 4) is 0 Å². The highest BCUT2D eigenvalue weighted by molar-refractivity contribution is 7.12. The Bertz CT molecular complexity index is 412. The topological polar surface area (TPSA) is 31.4 Å². The molecule has 1 saturated heterocycles. The quantitative estimate of drug-likeness (QED) is 0.758. The first-order chi connectivity index (χ1) is 7.77. The van der Waals surface area contributed by atoms with Gasteiger partial charge >= 0.3 is 7.12 Å². The molecule has 1 aromatic heterocycles. The van der Waals surface area contributed by atoms with Crippen LogP contribution >= 0.6 is 11.3 Å². The van der Waals surface area contributed by atoms with Crippen LogP contribution in [0.1, 0.15) is 44.5 Å². The van der Waals surface area contributed by atoms with E-state index in [0.717, 1.165) is 17.0 Å². The molecule has 3 nitrogen and oxygen atoms in total. The van der Waals surface area contributed by atoms with Crippen molar-refractivity contribution in [2.45, 2.75) is 59.2 Å². The fourth-order valence-corrected chi connectivity index (χ4v) is 2.77. The second-order valence-corrected chi connectivity index (χ2v) is 6.77. The molecule has 0 saturated carbocycles. The molecule has 1 fully saturated rings. The molecular weight excluding hydrogens is 233 g/mol.